The molecule has 1 saturated heterocycles. The Morgan fingerprint density at radius 1 is 1.37 bits per heavy atom. The standard InChI is InChI=1S/C14H22N2O2S/c1-3-11-7-8-12(15)10-14(11)19(17,18)16-9-5-6-13(16)4-2/h7-8,10,13H,3-6,9,15H2,1-2H3. The van der Waals surface area contributed by atoms with E-state index in [0.29, 0.717) is 23.5 Å². The van der Waals surface area contributed by atoms with Crippen LogP contribution in [-0.4, -0.2) is 25.3 Å². The molecule has 1 heterocycles. The number of hydrogen-bond acceptors (Lipinski definition) is 3. The van der Waals surface area contributed by atoms with E-state index in [1.54, 1.807) is 16.4 Å². The third kappa shape index (κ3) is 2.62. The Labute approximate surface area is 115 Å². The Morgan fingerprint density at radius 2 is 2.11 bits per heavy atom. The fraction of sp³-hybridized carbons (Fsp3) is 0.571. The van der Waals surface area contributed by atoms with Gasteiger partial charge in [-0.25, -0.2) is 8.42 Å². The molecule has 2 N–H and O–H groups in total. The highest BCUT2D eigenvalue weighted by Crippen LogP contribution is 2.30. The van der Waals surface area contributed by atoms with E-state index in [1.165, 1.54) is 0 Å². The van der Waals surface area contributed by atoms with Crippen LogP contribution in [-0.2, 0) is 16.4 Å². The molecular weight excluding hydrogens is 260 g/mol. The molecule has 0 amide bonds. The van der Waals surface area contributed by atoms with E-state index in [-0.39, 0.29) is 6.04 Å². The summed E-state index contributed by atoms with van der Waals surface area (Å²) in [5, 5.41) is 0. The van der Waals surface area contributed by atoms with Crippen molar-refractivity contribution in [3.05, 3.63) is 23.8 Å². The van der Waals surface area contributed by atoms with Gasteiger partial charge < -0.3 is 5.73 Å². The maximum absolute atomic E-state index is 12.8. The van der Waals surface area contributed by atoms with E-state index >= 15 is 0 Å². The van der Waals surface area contributed by atoms with Crippen molar-refractivity contribution in [3.8, 4) is 0 Å². The molecule has 0 aliphatic carbocycles. The minimum Gasteiger partial charge on any atom is -0.399 e. The van der Waals surface area contributed by atoms with Crippen LogP contribution >= 0.6 is 0 Å². The lowest BCUT2D eigenvalue weighted by atomic mass is 10.1. The first-order valence-electron chi connectivity index (χ1n) is 6.91. The second-order valence-corrected chi connectivity index (χ2v) is 6.90. The highest BCUT2D eigenvalue weighted by atomic mass is 32.2. The van der Waals surface area contributed by atoms with Gasteiger partial charge >= 0.3 is 0 Å². The molecule has 106 valence electrons. The van der Waals surface area contributed by atoms with Crippen LogP contribution in [0.15, 0.2) is 23.1 Å². The summed E-state index contributed by atoms with van der Waals surface area (Å²) in [6.07, 6.45) is 3.46. The van der Waals surface area contributed by atoms with Gasteiger partial charge in [0.2, 0.25) is 10.0 Å². The maximum Gasteiger partial charge on any atom is 0.243 e. The zero-order valence-electron chi connectivity index (χ0n) is 11.6. The van der Waals surface area contributed by atoms with Gasteiger partial charge in [-0.15, -0.1) is 0 Å². The van der Waals surface area contributed by atoms with Crippen LogP contribution in [0.2, 0.25) is 0 Å². The molecule has 0 radical (unpaired) electrons. The Balaban J connectivity index is 2.47. The summed E-state index contributed by atoms with van der Waals surface area (Å²) in [4.78, 5) is 0.385. The summed E-state index contributed by atoms with van der Waals surface area (Å²) >= 11 is 0. The van der Waals surface area contributed by atoms with Crippen LogP contribution in [0.5, 0.6) is 0 Å². The third-order valence-corrected chi connectivity index (χ3v) is 5.89. The van der Waals surface area contributed by atoms with Gasteiger partial charge in [-0.05, 0) is 43.4 Å². The largest absolute Gasteiger partial charge is 0.399 e. The Morgan fingerprint density at radius 3 is 2.74 bits per heavy atom. The monoisotopic (exact) mass is 282 g/mol. The van der Waals surface area contributed by atoms with Crippen molar-refractivity contribution in [3.63, 3.8) is 0 Å². The number of anilines is 1. The average Bonchev–Trinajstić information content (AvgIpc) is 2.87. The van der Waals surface area contributed by atoms with Crippen LogP contribution < -0.4 is 5.73 Å². The molecule has 1 aromatic rings. The number of aryl methyl sites for hydroxylation is 1. The number of sulfonamides is 1. The zero-order chi connectivity index (χ0) is 14.0. The Bertz CT molecular complexity index is 555. The summed E-state index contributed by atoms with van der Waals surface area (Å²) in [6, 6.07) is 5.31. The molecule has 1 aromatic carbocycles. The van der Waals surface area contributed by atoms with Crippen LogP contribution in [0.4, 0.5) is 5.69 Å². The lowest BCUT2D eigenvalue weighted by molar-refractivity contribution is 0.379. The number of nitrogens with two attached hydrogens (primary N) is 1. The van der Waals surface area contributed by atoms with Crippen molar-refractivity contribution < 1.29 is 8.42 Å². The maximum atomic E-state index is 12.8. The van der Waals surface area contributed by atoms with Crippen molar-refractivity contribution in [2.75, 3.05) is 12.3 Å². The van der Waals surface area contributed by atoms with E-state index in [4.69, 9.17) is 5.73 Å². The SMILES string of the molecule is CCc1ccc(N)cc1S(=O)(=O)N1CCCC1CC. The molecule has 1 fully saturated rings. The minimum absolute atomic E-state index is 0.135. The van der Waals surface area contributed by atoms with Gasteiger partial charge in [-0.3, -0.25) is 0 Å². The summed E-state index contributed by atoms with van der Waals surface area (Å²) in [5.74, 6) is 0. The topological polar surface area (TPSA) is 63.4 Å². The third-order valence-electron chi connectivity index (χ3n) is 3.85. The van der Waals surface area contributed by atoms with Gasteiger partial charge in [-0.2, -0.15) is 4.31 Å². The highest BCUT2D eigenvalue weighted by molar-refractivity contribution is 7.89. The minimum atomic E-state index is -3.41. The first kappa shape index (κ1) is 14.3. The van der Waals surface area contributed by atoms with Gasteiger partial charge in [0.05, 0.1) is 4.90 Å². The van der Waals surface area contributed by atoms with Crippen LogP contribution in [0, 0.1) is 0 Å². The van der Waals surface area contributed by atoms with E-state index in [9.17, 15) is 8.42 Å². The van der Waals surface area contributed by atoms with Gasteiger partial charge in [0.25, 0.3) is 0 Å². The number of hydrogen-bond donors (Lipinski definition) is 1. The van der Waals surface area contributed by atoms with Crippen LogP contribution in [0.25, 0.3) is 0 Å². The highest BCUT2D eigenvalue weighted by Gasteiger charge is 2.35. The first-order valence-corrected chi connectivity index (χ1v) is 8.35. The molecule has 1 unspecified atom stereocenters. The quantitative estimate of drug-likeness (QED) is 0.862. The van der Waals surface area contributed by atoms with Crippen LogP contribution in [0.3, 0.4) is 0 Å². The number of nitrogen functional groups attached to an aromatic ring is 1. The zero-order valence-corrected chi connectivity index (χ0v) is 12.4. The van der Waals surface area contributed by atoms with Gasteiger partial charge in [-0.1, -0.05) is 19.9 Å². The molecular formula is C14H22N2O2S. The number of rotatable bonds is 4. The lowest BCUT2D eigenvalue weighted by Gasteiger charge is -2.24. The Kier molecular flexibility index (Phi) is 4.16. The molecule has 0 aromatic heterocycles. The van der Waals surface area contributed by atoms with Gasteiger partial charge in [0, 0.05) is 18.3 Å². The molecule has 0 saturated carbocycles. The van der Waals surface area contributed by atoms with Crippen molar-refractivity contribution in [1.82, 2.24) is 4.31 Å². The fourth-order valence-corrected chi connectivity index (χ4v) is 4.86. The smallest absolute Gasteiger partial charge is 0.243 e. The lowest BCUT2D eigenvalue weighted by Crippen LogP contribution is -2.35. The van der Waals surface area contributed by atoms with Gasteiger partial charge in [0.15, 0.2) is 0 Å². The van der Waals surface area contributed by atoms with Crippen molar-refractivity contribution in [1.29, 1.82) is 0 Å². The fourth-order valence-electron chi connectivity index (χ4n) is 2.76. The summed E-state index contributed by atoms with van der Waals surface area (Å²) < 4.78 is 27.3. The average molecular weight is 282 g/mol. The molecule has 1 aliphatic heterocycles. The van der Waals surface area contributed by atoms with Gasteiger partial charge in [0.1, 0.15) is 0 Å². The normalized spacial score (nSPS) is 20.8. The van der Waals surface area contributed by atoms with Crippen LogP contribution in [0.1, 0.15) is 38.7 Å². The predicted octanol–water partition coefficient (Wildman–Crippen LogP) is 2.39. The van der Waals surface area contributed by atoms with Crippen molar-refractivity contribution >= 4 is 15.7 Å². The molecule has 1 aliphatic rings. The molecule has 1 atom stereocenters. The molecule has 0 bridgehead atoms. The molecule has 2 rings (SSSR count). The van der Waals surface area contributed by atoms with E-state index < -0.39 is 10.0 Å². The molecule has 0 spiro atoms. The van der Waals surface area contributed by atoms with E-state index in [0.717, 1.165) is 24.8 Å². The Hall–Kier alpha value is -1.07. The summed E-state index contributed by atoms with van der Waals surface area (Å²) in [5.41, 5.74) is 7.11. The second kappa shape index (κ2) is 5.51. The van der Waals surface area contributed by atoms with E-state index in [2.05, 4.69) is 0 Å². The second-order valence-electron chi connectivity index (χ2n) is 5.04. The summed E-state index contributed by atoms with van der Waals surface area (Å²) in [7, 11) is -3.41. The first-order chi connectivity index (χ1) is 9.00. The number of benzene rings is 1. The van der Waals surface area contributed by atoms with Crippen molar-refractivity contribution in [2.24, 2.45) is 0 Å². The summed E-state index contributed by atoms with van der Waals surface area (Å²) in [6.45, 7) is 4.63. The van der Waals surface area contributed by atoms with E-state index in [1.807, 2.05) is 19.9 Å². The number of nitrogens with zero attached hydrogens (tertiary/aromatic N) is 1. The molecule has 5 heteroatoms. The predicted molar refractivity (Wildman–Crippen MR) is 77.4 cm³/mol. The molecule has 4 nitrogen and oxygen atoms in total. The van der Waals surface area contributed by atoms with Crippen molar-refractivity contribution in [2.45, 2.75) is 50.5 Å². The molecule has 19 heavy (non-hydrogen) atoms.